The molecule has 0 saturated carbocycles. The summed E-state index contributed by atoms with van der Waals surface area (Å²) in [6.07, 6.45) is 0. The topological polar surface area (TPSA) is 88.7 Å². The van der Waals surface area contributed by atoms with E-state index < -0.39 is 35.5 Å². The Morgan fingerprint density at radius 3 is 2.25 bits per heavy atom. The Morgan fingerprint density at radius 1 is 1.07 bits per heavy atom. The van der Waals surface area contributed by atoms with Gasteiger partial charge in [0.15, 0.2) is 0 Å². The van der Waals surface area contributed by atoms with Crippen molar-refractivity contribution in [3.63, 3.8) is 0 Å². The molecule has 0 spiro atoms. The van der Waals surface area contributed by atoms with E-state index in [-0.39, 0.29) is 17.9 Å². The number of rotatable bonds is 5. The van der Waals surface area contributed by atoms with Crippen LogP contribution in [-0.4, -0.2) is 38.7 Å². The Hall–Kier alpha value is -3.36. The monoisotopic (exact) mass is 391 g/mol. The first-order valence-electron chi connectivity index (χ1n) is 8.45. The number of hydrogen-bond donors (Lipinski definition) is 3. The molecular weight excluding hydrogens is 372 g/mol. The molecule has 1 heterocycles. The SMILES string of the molecule is COc1ccc(NC(=O)N[C@@H]2C(=O)NC[C@H]2c2c(F)cc(OC)cc2F)cc1. The van der Waals surface area contributed by atoms with Crippen molar-refractivity contribution in [1.82, 2.24) is 10.6 Å². The highest BCUT2D eigenvalue weighted by Gasteiger charge is 2.40. The third kappa shape index (κ3) is 3.98. The Labute approximate surface area is 160 Å². The maximum atomic E-state index is 14.4. The van der Waals surface area contributed by atoms with Crippen LogP contribution in [0.3, 0.4) is 0 Å². The van der Waals surface area contributed by atoms with Crippen molar-refractivity contribution in [3.8, 4) is 11.5 Å². The molecule has 28 heavy (non-hydrogen) atoms. The fraction of sp³-hybridized carbons (Fsp3) is 0.263. The van der Waals surface area contributed by atoms with E-state index in [0.717, 1.165) is 12.1 Å². The number of benzene rings is 2. The number of carbonyl (C=O) groups is 2. The number of urea groups is 1. The maximum absolute atomic E-state index is 14.4. The van der Waals surface area contributed by atoms with Crippen LogP contribution in [0.1, 0.15) is 11.5 Å². The predicted octanol–water partition coefficient (Wildman–Crippen LogP) is 2.39. The van der Waals surface area contributed by atoms with E-state index in [1.807, 2.05) is 0 Å². The highest BCUT2D eigenvalue weighted by molar-refractivity contribution is 5.95. The van der Waals surface area contributed by atoms with Crippen LogP contribution in [0.5, 0.6) is 11.5 Å². The van der Waals surface area contributed by atoms with Crippen LogP contribution in [0, 0.1) is 11.6 Å². The van der Waals surface area contributed by atoms with Gasteiger partial charge >= 0.3 is 6.03 Å². The number of carbonyl (C=O) groups excluding carboxylic acids is 2. The first-order chi connectivity index (χ1) is 13.4. The first-order valence-corrected chi connectivity index (χ1v) is 8.45. The molecule has 3 amide bonds. The molecule has 0 aliphatic carbocycles. The van der Waals surface area contributed by atoms with Gasteiger partial charge in [0, 0.05) is 35.8 Å². The molecule has 2 atom stereocenters. The highest BCUT2D eigenvalue weighted by Crippen LogP contribution is 2.31. The van der Waals surface area contributed by atoms with Crippen LogP contribution >= 0.6 is 0 Å². The highest BCUT2D eigenvalue weighted by atomic mass is 19.1. The second-order valence-electron chi connectivity index (χ2n) is 6.16. The van der Waals surface area contributed by atoms with Crippen LogP contribution in [0.4, 0.5) is 19.3 Å². The molecule has 2 aromatic carbocycles. The number of halogens is 2. The lowest BCUT2D eigenvalue weighted by molar-refractivity contribution is -0.120. The van der Waals surface area contributed by atoms with Crippen LogP contribution in [0.2, 0.25) is 0 Å². The van der Waals surface area contributed by atoms with E-state index in [9.17, 15) is 18.4 Å². The lowest BCUT2D eigenvalue weighted by atomic mass is 9.93. The van der Waals surface area contributed by atoms with Crippen molar-refractivity contribution in [2.45, 2.75) is 12.0 Å². The summed E-state index contributed by atoms with van der Waals surface area (Å²) in [5.41, 5.74) is 0.184. The minimum absolute atomic E-state index is 0.00746. The standard InChI is InChI=1S/C19H19F2N3O4/c1-27-11-5-3-10(4-6-11)23-19(26)24-17-13(9-22-18(17)25)16-14(20)7-12(28-2)8-15(16)21/h3-8,13,17H,9H2,1-2H3,(H,22,25)(H2,23,24,26)/t13-,17-/m0/s1. The molecule has 7 nitrogen and oxygen atoms in total. The summed E-state index contributed by atoms with van der Waals surface area (Å²) in [4.78, 5) is 24.4. The molecule has 3 N–H and O–H groups in total. The van der Waals surface area contributed by atoms with Gasteiger partial charge in [-0.3, -0.25) is 4.79 Å². The lowest BCUT2D eigenvalue weighted by Gasteiger charge is -2.20. The predicted molar refractivity (Wildman–Crippen MR) is 97.6 cm³/mol. The minimum atomic E-state index is -1.13. The molecule has 9 heteroatoms. The molecule has 0 bridgehead atoms. The molecule has 1 aliphatic heterocycles. The molecule has 2 aromatic rings. The fourth-order valence-corrected chi connectivity index (χ4v) is 3.07. The Balaban J connectivity index is 1.76. The van der Waals surface area contributed by atoms with E-state index in [0.29, 0.717) is 11.4 Å². The molecule has 1 aliphatic rings. The first kappa shape index (κ1) is 19.4. The number of ether oxygens (including phenoxy) is 2. The van der Waals surface area contributed by atoms with Crippen LogP contribution in [0.15, 0.2) is 36.4 Å². The summed E-state index contributed by atoms with van der Waals surface area (Å²) in [5, 5.41) is 7.57. The zero-order chi connectivity index (χ0) is 20.3. The molecule has 0 aromatic heterocycles. The van der Waals surface area contributed by atoms with Gasteiger partial charge in [0.25, 0.3) is 0 Å². The van der Waals surface area contributed by atoms with Crippen LogP contribution in [0.25, 0.3) is 0 Å². The van der Waals surface area contributed by atoms with Crippen LogP contribution < -0.4 is 25.4 Å². The number of methoxy groups -OCH3 is 2. The average Bonchev–Trinajstić information content (AvgIpc) is 3.02. The molecule has 0 unspecified atom stereocenters. The van der Waals surface area contributed by atoms with E-state index in [1.165, 1.54) is 14.2 Å². The van der Waals surface area contributed by atoms with Gasteiger partial charge in [-0.15, -0.1) is 0 Å². The molecule has 1 fully saturated rings. The van der Waals surface area contributed by atoms with E-state index in [1.54, 1.807) is 24.3 Å². The van der Waals surface area contributed by atoms with Crippen molar-refractivity contribution >= 4 is 17.6 Å². The molecule has 3 rings (SSSR count). The summed E-state index contributed by atoms with van der Waals surface area (Å²) >= 11 is 0. The molecule has 0 radical (unpaired) electrons. The quantitative estimate of drug-likeness (QED) is 0.730. The van der Waals surface area contributed by atoms with Crippen molar-refractivity contribution in [2.24, 2.45) is 0 Å². The number of anilines is 1. The zero-order valence-corrected chi connectivity index (χ0v) is 15.2. The third-order valence-electron chi connectivity index (χ3n) is 4.47. The van der Waals surface area contributed by atoms with Gasteiger partial charge in [-0.25, -0.2) is 13.6 Å². The van der Waals surface area contributed by atoms with Crippen LogP contribution in [-0.2, 0) is 4.79 Å². The Kier molecular flexibility index (Phi) is 5.62. The van der Waals surface area contributed by atoms with Crippen molar-refractivity contribution in [2.75, 3.05) is 26.1 Å². The van der Waals surface area contributed by atoms with Gasteiger partial charge in [0.2, 0.25) is 5.91 Å². The van der Waals surface area contributed by atoms with E-state index >= 15 is 0 Å². The smallest absolute Gasteiger partial charge is 0.319 e. The Bertz CT molecular complexity index is 866. The number of amides is 3. The summed E-state index contributed by atoms with van der Waals surface area (Å²) < 4.78 is 38.7. The summed E-state index contributed by atoms with van der Waals surface area (Å²) in [6.45, 7) is -0.00746. The summed E-state index contributed by atoms with van der Waals surface area (Å²) in [6, 6.07) is 6.82. The number of hydrogen-bond acceptors (Lipinski definition) is 4. The zero-order valence-electron chi connectivity index (χ0n) is 15.2. The van der Waals surface area contributed by atoms with Crippen molar-refractivity contribution in [1.29, 1.82) is 0 Å². The van der Waals surface area contributed by atoms with Gasteiger partial charge in [-0.05, 0) is 24.3 Å². The Morgan fingerprint density at radius 2 is 1.68 bits per heavy atom. The molecule has 148 valence electrons. The van der Waals surface area contributed by atoms with Crippen molar-refractivity contribution < 1.29 is 27.8 Å². The van der Waals surface area contributed by atoms with Gasteiger partial charge in [-0.1, -0.05) is 0 Å². The summed E-state index contributed by atoms with van der Waals surface area (Å²) in [5.74, 6) is -2.48. The minimum Gasteiger partial charge on any atom is -0.497 e. The van der Waals surface area contributed by atoms with Crippen molar-refractivity contribution in [3.05, 3.63) is 53.6 Å². The molecular formula is C19H19F2N3O4. The maximum Gasteiger partial charge on any atom is 0.319 e. The van der Waals surface area contributed by atoms with Gasteiger partial charge in [0.1, 0.15) is 29.2 Å². The third-order valence-corrected chi connectivity index (χ3v) is 4.47. The van der Waals surface area contributed by atoms with E-state index in [2.05, 4.69) is 16.0 Å². The van der Waals surface area contributed by atoms with E-state index in [4.69, 9.17) is 9.47 Å². The number of nitrogens with one attached hydrogen (secondary N) is 3. The normalized spacial score (nSPS) is 18.4. The van der Waals surface area contributed by atoms with Gasteiger partial charge < -0.3 is 25.4 Å². The fourth-order valence-electron chi connectivity index (χ4n) is 3.07. The lowest BCUT2D eigenvalue weighted by Crippen LogP contribution is -2.45. The molecule has 1 saturated heterocycles. The second-order valence-corrected chi connectivity index (χ2v) is 6.16. The average molecular weight is 391 g/mol. The second kappa shape index (κ2) is 8.12. The van der Waals surface area contributed by atoms with Gasteiger partial charge in [0.05, 0.1) is 14.2 Å². The largest absolute Gasteiger partial charge is 0.497 e. The van der Waals surface area contributed by atoms with Gasteiger partial charge in [-0.2, -0.15) is 0 Å². The summed E-state index contributed by atoms with van der Waals surface area (Å²) in [7, 11) is 2.81.